The number of carbonyl (C=O) groups excluding carboxylic acids is 3. The molecule has 2 aromatic heterocycles. The number of thioether (sulfide) groups is 1. The molecular weight excluding hydrogens is 428 g/mol. The number of benzene rings is 1. The Labute approximate surface area is 188 Å². The number of nitrogens with zero attached hydrogens (tertiary/aromatic N) is 3. The van der Waals surface area contributed by atoms with Gasteiger partial charge in [-0.1, -0.05) is 36.4 Å². The summed E-state index contributed by atoms with van der Waals surface area (Å²) in [6.45, 7) is 0.288. The summed E-state index contributed by atoms with van der Waals surface area (Å²) in [6, 6.07) is 13.2. The molecule has 1 saturated heterocycles. The molecular formula is C23H20N4O4S. The molecule has 162 valence electrons. The average molecular weight is 449 g/mol. The molecule has 1 aromatic carbocycles. The van der Waals surface area contributed by atoms with Crippen LogP contribution in [0.2, 0.25) is 0 Å². The Hall–Kier alpha value is -3.72. The maximum atomic E-state index is 12.5. The highest BCUT2D eigenvalue weighted by molar-refractivity contribution is 8.18. The van der Waals surface area contributed by atoms with Gasteiger partial charge in [-0.05, 0) is 29.5 Å². The Morgan fingerprint density at radius 1 is 1.12 bits per heavy atom. The zero-order valence-corrected chi connectivity index (χ0v) is 17.9. The number of hydrogen-bond acceptors (Lipinski definition) is 7. The van der Waals surface area contributed by atoms with Gasteiger partial charge in [-0.2, -0.15) is 0 Å². The van der Waals surface area contributed by atoms with Gasteiger partial charge in [-0.15, -0.1) is 0 Å². The van der Waals surface area contributed by atoms with E-state index in [4.69, 9.17) is 4.42 Å². The van der Waals surface area contributed by atoms with Crippen LogP contribution in [0.5, 0.6) is 0 Å². The Kier molecular flexibility index (Phi) is 6.76. The van der Waals surface area contributed by atoms with E-state index in [-0.39, 0.29) is 36.6 Å². The molecule has 1 aliphatic rings. The van der Waals surface area contributed by atoms with E-state index in [1.54, 1.807) is 36.8 Å². The van der Waals surface area contributed by atoms with Crippen LogP contribution in [0.25, 0.3) is 17.4 Å². The third kappa shape index (κ3) is 5.30. The number of aryl methyl sites for hydroxylation is 1. The maximum Gasteiger partial charge on any atom is 0.293 e. The van der Waals surface area contributed by atoms with Crippen molar-refractivity contribution < 1.29 is 18.8 Å². The second kappa shape index (κ2) is 10.1. The summed E-state index contributed by atoms with van der Waals surface area (Å²) >= 11 is 0.881. The van der Waals surface area contributed by atoms with Crippen molar-refractivity contribution in [3.05, 3.63) is 77.4 Å². The van der Waals surface area contributed by atoms with E-state index in [9.17, 15) is 14.4 Å². The highest BCUT2D eigenvalue weighted by Gasteiger charge is 2.34. The van der Waals surface area contributed by atoms with Gasteiger partial charge in [-0.3, -0.25) is 24.3 Å². The number of oxazole rings is 1. The van der Waals surface area contributed by atoms with Gasteiger partial charge in [0.2, 0.25) is 5.91 Å². The highest BCUT2D eigenvalue weighted by Crippen LogP contribution is 2.31. The minimum Gasteiger partial charge on any atom is -0.441 e. The van der Waals surface area contributed by atoms with E-state index in [1.165, 1.54) is 0 Å². The highest BCUT2D eigenvalue weighted by atomic mass is 32.2. The molecule has 0 bridgehead atoms. The van der Waals surface area contributed by atoms with Crippen molar-refractivity contribution in [1.29, 1.82) is 0 Å². The van der Waals surface area contributed by atoms with E-state index in [1.807, 2.05) is 30.3 Å². The third-order valence-corrected chi connectivity index (χ3v) is 5.60. The van der Waals surface area contributed by atoms with Gasteiger partial charge in [0.25, 0.3) is 11.1 Å². The smallest absolute Gasteiger partial charge is 0.293 e. The Morgan fingerprint density at radius 2 is 1.97 bits per heavy atom. The molecule has 0 atom stereocenters. The molecule has 4 rings (SSSR count). The SMILES string of the molecule is O=C(CCc1ncc(-c2ccccc2)o1)NCCN1C(=O)S/C(=C\c2cccnc2)C1=O. The van der Waals surface area contributed by atoms with E-state index >= 15 is 0 Å². The van der Waals surface area contributed by atoms with Crippen molar-refractivity contribution in [1.82, 2.24) is 20.2 Å². The molecule has 3 heterocycles. The summed E-state index contributed by atoms with van der Waals surface area (Å²) in [7, 11) is 0. The Balaban J connectivity index is 1.23. The molecule has 8 nitrogen and oxygen atoms in total. The molecule has 1 fully saturated rings. The second-order valence-electron chi connectivity index (χ2n) is 6.95. The summed E-state index contributed by atoms with van der Waals surface area (Å²) in [6.07, 6.45) is 7.07. The number of imide groups is 1. The summed E-state index contributed by atoms with van der Waals surface area (Å²) in [5.41, 5.74) is 1.67. The first-order chi connectivity index (χ1) is 15.6. The molecule has 3 amide bonds. The lowest BCUT2D eigenvalue weighted by Gasteiger charge is -2.12. The predicted molar refractivity (Wildman–Crippen MR) is 120 cm³/mol. The molecule has 0 radical (unpaired) electrons. The number of amides is 3. The lowest BCUT2D eigenvalue weighted by Crippen LogP contribution is -2.37. The monoisotopic (exact) mass is 448 g/mol. The maximum absolute atomic E-state index is 12.5. The van der Waals surface area contributed by atoms with Crippen LogP contribution in [0.3, 0.4) is 0 Å². The molecule has 0 saturated carbocycles. The summed E-state index contributed by atoms with van der Waals surface area (Å²) < 4.78 is 5.69. The van der Waals surface area contributed by atoms with Crippen molar-refractivity contribution in [3.63, 3.8) is 0 Å². The van der Waals surface area contributed by atoms with Gasteiger partial charge in [0.05, 0.1) is 11.1 Å². The molecule has 1 N–H and O–H groups in total. The quantitative estimate of drug-likeness (QED) is 0.526. The topological polar surface area (TPSA) is 105 Å². The fourth-order valence-corrected chi connectivity index (χ4v) is 3.95. The van der Waals surface area contributed by atoms with Crippen LogP contribution in [-0.4, -0.2) is 45.0 Å². The van der Waals surface area contributed by atoms with Crippen LogP contribution in [-0.2, 0) is 16.0 Å². The zero-order valence-electron chi connectivity index (χ0n) is 17.1. The number of hydrogen-bond donors (Lipinski definition) is 1. The summed E-state index contributed by atoms with van der Waals surface area (Å²) in [5.74, 6) is 0.554. The van der Waals surface area contributed by atoms with Gasteiger partial charge in [0.15, 0.2) is 11.7 Å². The number of rotatable bonds is 8. The molecule has 3 aromatic rings. The van der Waals surface area contributed by atoms with Crippen molar-refractivity contribution >= 4 is 34.9 Å². The van der Waals surface area contributed by atoms with Crippen LogP contribution in [0.1, 0.15) is 17.9 Å². The van der Waals surface area contributed by atoms with Gasteiger partial charge in [-0.25, -0.2) is 4.98 Å². The lowest BCUT2D eigenvalue weighted by molar-refractivity contribution is -0.124. The molecule has 1 aliphatic heterocycles. The van der Waals surface area contributed by atoms with E-state index in [2.05, 4.69) is 15.3 Å². The van der Waals surface area contributed by atoms with Gasteiger partial charge < -0.3 is 9.73 Å². The molecule has 32 heavy (non-hydrogen) atoms. The van der Waals surface area contributed by atoms with Gasteiger partial charge in [0.1, 0.15) is 0 Å². The van der Waals surface area contributed by atoms with E-state index in [0.29, 0.717) is 23.0 Å². The molecule has 9 heteroatoms. The van der Waals surface area contributed by atoms with Crippen LogP contribution < -0.4 is 5.32 Å². The minimum absolute atomic E-state index is 0.109. The zero-order chi connectivity index (χ0) is 22.3. The number of nitrogens with one attached hydrogen (secondary N) is 1. The average Bonchev–Trinajstić information content (AvgIpc) is 3.39. The Morgan fingerprint density at radius 3 is 2.75 bits per heavy atom. The Bertz CT molecular complexity index is 1150. The first-order valence-corrected chi connectivity index (χ1v) is 10.8. The first kappa shape index (κ1) is 21.5. The lowest BCUT2D eigenvalue weighted by atomic mass is 10.2. The van der Waals surface area contributed by atoms with Crippen LogP contribution in [0.15, 0.2) is 70.4 Å². The third-order valence-electron chi connectivity index (χ3n) is 4.69. The van der Waals surface area contributed by atoms with E-state index in [0.717, 1.165) is 27.8 Å². The predicted octanol–water partition coefficient (Wildman–Crippen LogP) is 3.52. The van der Waals surface area contributed by atoms with Crippen molar-refractivity contribution in [2.45, 2.75) is 12.8 Å². The first-order valence-electron chi connectivity index (χ1n) is 10.0. The number of carbonyl (C=O) groups is 3. The molecule has 0 unspecified atom stereocenters. The summed E-state index contributed by atoms with van der Waals surface area (Å²) in [4.78, 5) is 46.5. The van der Waals surface area contributed by atoms with Gasteiger partial charge >= 0.3 is 0 Å². The van der Waals surface area contributed by atoms with Crippen molar-refractivity contribution in [2.75, 3.05) is 13.1 Å². The fourth-order valence-electron chi connectivity index (χ4n) is 3.08. The standard InChI is InChI=1S/C23H20N4O4S/c28-20(8-9-21-26-15-18(31-21)17-6-2-1-3-7-17)25-11-12-27-22(29)19(32-23(27)30)13-16-5-4-10-24-14-16/h1-7,10,13-15H,8-9,11-12H2,(H,25,28)/b19-13-. The van der Waals surface area contributed by atoms with Crippen molar-refractivity contribution in [3.8, 4) is 11.3 Å². The molecule has 0 spiro atoms. The summed E-state index contributed by atoms with van der Waals surface area (Å²) in [5, 5.41) is 2.38. The largest absolute Gasteiger partial charge is 0.441 e. The van der Waals surface area contributed by atoms with Crippen LogP contribution in [0.4, 0.5) is 4.79 Å². The van der Waals surface area contributed by atoms with Crippen molar-refractivity contribution in [2.24, 2.45) is 0 Å². The van der Waals surface area contributed by atoms with Crippen LogP contribution in [0, 0.1) is 0 Å². The number of pyridine rings is 1. The normalized spacial score (nSPS) is 14.9. The second-order valence-corrected chi connectivity index (χ2v) is 7.95. The van der Waals surface area contributed by atoms with Gasteiger partial charge in [0, 0.05) is 43.9 Å². The van der Waals surface area contributed by atoms with E-state index < -0.39 is 0 Å². The molecule has 0 aliphatic carbocycles. The minimum atomic E-state index is -0.369. The number of aromatic nitrogens is 2. The fraction of sp³-hybridized carbons (Fsp3) is 0.174. The van der Waals surface area contributed by atoms with Crippen LogP contribution >= 0.6 is 11.8 Å².